The van der Waals surface area contributed by atoms with Crippen LogP contribution < -0.4 is 20.7 Å². The van der Waals surface area contributed by atoms with Crippen molar-refractivity contribution < 1.29 is 27.4 Å². The second-order valence-corrected chi connectivity index (χ2v) is 8.52. The van der Waals surface area contributed by atoms with Gasteiger partial charge in [0.1, 0.15) is 5.75 Å². The first-order valence-electron chi connectivity index (χ1n) is 10.6. The molecule has 0 saturated heterocycles. The summed E-state index contributed by atoms with van der Waals surface area (Å²) >= 11 is 1.17. The normalized spacial score (nSPS) is 11.8. The van der Waals surface area contributed by atoms with Gasteiger partial charge in [-0.25, -0.2) is 9.97 Å². The first-order chi connectivity index (χ1) is 16.7. The third-order valence-corrected chi connectivity index (χ3v) is 5.92. The Morgan fingerprint density at radius 2 is 1.89 bits per heavy atom. The minimum absolute atomic E-state index is 0.229. The zero-order valence-corrected chi connectivity index (χ0v) is 19.7. The zero-order chi connectivity index (χ0) is 25.0. The molecular formula is C22H23F3N6O3S. The van der Waals surface area contributed by atoms with E-state index >= 15 is 0 Å². The second kappa shape index (κ2) is 10.5. The summed E-state index contributed by atoms with van der Waals surface area (Å²) in [7, 11) is 3.65. The number of aromatic nitrogens is 3. The Kier molecular flexibility index (Phi) is 7.38. The third-order valence-electron chi connectivity index (χ3n) is 4.98. The molecule has 0 saturated carbocycles. The molecule has 0 atom stereocenters. The highest BCUT2D eigenvalue weighted by Gasteiger charge is 2.31. The third kappa shape index (κ3) is 6.18. The number of alkyl halides is 3. The van der Waals surface area contributed by atoms with Crippen molar-refractivity contribution in [2.45, 2.75) is 6.36 Å². The molecule has 4 rings (SSSR count). The first-order valence-corrected chi connectivity index (χ1v) is 11.5. The number of carbonyl (C=O) groups is 1. The SMILES string of the molecule is CNCCOCCNC(=O)c1ccc2c(c1)nc(Nc1nc3ccc(OC(F)(F)F)cc3s1)n2C. The van der Waals surface area contributed by atoms with Crippen LogP contribution in [-0.2, 0) is 11.8 Å². The number of likely N-dealkylation sites (N-methyl/N-ethyl adjacent to an activating group) is 1. The van der Waals surface area contributed by atoms with E-state index in [2.05, 4.69) is 30.7 Å². The highest BCUT2D eigenvalue weighted by atomic mass is 32.1. The van der Waals surface area contributed by atoms with Crippen LogP contribution in [0.2, 0.25) is 0 Å². The van der Waals surface area contributed by atoms with E-state index in [0.717, 1.165) is 12.1 Å². The number of aryl methyl sites for hydroxylation is 1. The Hall–Kier alpha value is -3.42. The van der Waals surface area contributed by atoms with Crippen LogP contribution in [0, 0.1) is 0 Å². The number of amides is 1. The summed E-state index contributed by atoms with van der Waals surface area (Å²) in [5.74, 6) is -0.0630. The van der Waals surface area contributed by atoms with Crippen molar-refractivity contribution in [1.82, 2.24) is 25.2 Å². The Bertz CT molecular complexity index is 1340. The van der Waals surface area contributed by atoms with E-state index in [1.165, 1.54) is 29.5 Å². The summed E-state index contributed by atoms with van der Waals surface area (Å²) in [6.07, 6.45) is -4.76. The second-order valence-electron chi connectivity index (χ2n) is 7.49. The van der Waals surface area contributed by atoms with Gasteiger partial charge in [0.25, 0.3) is 5.91 Å². The molecule has 2 aromatic heterocycles. The fraction of sp³-hybridized carbons (Fsp3) is 0.318. The van der Waals surface area contributed by atoms with Crippen LogP contribution >= 0.6 is 11.3 Å². The molecule has 1 amide bonds. The average molecular weight is 509 g/mol. The number of carbonyl (C=O) groups excluding carboxylic acids is 1. The van der Waals surface area contributed by atoms with Gasteiger partial charge >= 0.3 is 6.36 Å². The number of rotatable bonds is 10. The van der Waals surface area contributed by atoms with Crippen LogP contribution in [0.15, 0.2) is 36.4 Å². The highest BCUT2D eigenvalue weighted by molar-refractivity contribution is 7.22. The summed E-state index contributed by atoms with van der Waals surface area (Å²) in [4.78, 5) is 21.4. The van der Waals surface area contributed by atoms with Crippen LogP contribution in [0.25, 0.3) is 21.3 Å². The molecule has 0 unspecified atom stereocenters. The lowest BCUT2D eigenvalue weighted by molar-refractivity contribution is -0.274. The lowest BCUT2D eigenvalue weighted by atomic mass is 10.2. The predicted molar refractivity (Wildman–Crippen MR) is 127 cm³/mol. The molecular weight excluding hydrogens is 485 g/mol. The molecule has 35 heavy (non-hydrogen) atoms. The molecule has 9 nitrogen and oxygen atoms in total. The molecule has 2 heterocycles. The monoisotopic (exact) mass is 508 g/mol. The molecule has 4 aromatic rings. The summed E-state index contributed by atoms with van der Waals surface area (Å²) in [5.41, 5.74) is 2.39. The maximum Gasteiger partial charge on any atom is 0.573 e. The van der Waals surface area contributed by atoms with Crippen molar-refractivity contribution in [2.24, 2.45) is 7.05 Å². The van der Waals surface area contributed by atoms with Crippen molar-refractivity contribution in [1.29, 1.82) is 0 Å². The molecule has 13 heteroatoms. The van der Waals surface area contributed by atoms with Gasteiger partial charge in [0, 0.05) is 31.8 Å². The standard InChI is InChI=1S/C22H23F3N6O3S/c1-26-7-9-33-10-8-27-19(32)13-3-6-17-16(11-13)28-20(31(17)2)30-21-29-15-5-4-14(12-18(15)35-21)34-22(23,24)25/h3-6,11-12,26H,7-10H2,1-2H3,(H,27,32)(H,28,29,30). The number of benzene rings is 2. The number of anilines is 2. The summed E-state index contributed by atoms with van der Waals surface area (Å²) < 4.78 is 49.2. The lowest BCUT2D eigenvalue weighted by Gasteiger charge is -2.07. The molecule has 186 valence electrons. The maximum absolute atomic E-state index is 12.5. The summed E-state index contributed by atoms with van der Waals surface area (Å²) in [5, 5.41) is 9.35. The van der Waals surface area contributed by atoms with Crippen molar-refractivity contribution >= 4 is 49.6 Å². The number of thiazole rings is 1. The number of ether oxygens (including phenoxy) is 2. The number of nitrogens with one attached hydrogen (secondary N) is 3. The van der Waals surface area contributed by atoms with Gasteiger partial charge < -0.3 is 30.0 Å². The van der Waals surface area contributed by atoms with Gasteiger partial charge in [-0.15, -0.1) is 13.2 Å². The van der Waals surface area contributed by atoms with Crippen LogP contribution in [0.4, 0.5) is 24.3 Å². The minimum atomic E-state index is -4.76. The summed E-state index contributed by atoms with van der Waals surface area (Å²) in [6, 6.07) is 9.17. The van der Waals surface area contributed by atoms with Gasteiger partial charge in [-0.3, -0.25) is 4.79 Å². The fourth-order valence-electron chi connectivity index (χ4n) is 3.32. The van der Waals surface area contributed by atoms with E-state index in [0.29, 0.717) is 52.1 Å². The van der Waals surface area contributed by atoms with E-state index in [-0.39, 0.29) is 11.7 Å². The molecule has 0 aliphatic rings. The molecule has 3 N–H and O–H groups in total. The van der Waals surface area contributed by atoms with E-state index in [4.69, 9.17) is 4.74 Å². The Morgan fingerprint density at radius 3 is 2.66 bits per heavy atom. The molecule has 0 aliphatic heterocycles. The molecule has 0 bridgehead atoms. The first kappa shape index (κ1) is 24.7. The van der Waals surface area contributed by atoms with E-state index in [9.17, 15) is 18.0 Å². The molecule has 0 spiro atoms. The number of hydrogen-bond donors (Lipinski definition) is 3. The van der Waals surface area contributed by atoms with Crippen LogP contribution in [0.1, 0.15) is 10.4 Å². The molecule has 2 aromatic carbocycles. The lowest BCUT2D eigenvalue weighted by Crippen LogP contribution is -2.28. The number of halogens is 3. The molecule has 0 fully saturated rings. The van der Waals surface area contributed by atoms with Gasteiger partial charge in [0.15, 0.2) is 5.13 Å². The Morgan fingerprint density at radius 1 is 1.09 bits per heavy atom. The van der Waals surface area contributed by atoms with E-state index in [1.54, 1.807) is 22.8 Å². The minimum Gasteiger partial charge on any atom is -0.406 e. The summed E-state index contributed by atoms with van der Waals surface area (Å²) in [6.45, 7) is 2.12. The van der Waals surface area contributed by atoms with Crippen molar-refractivity contribution in [3.05, 3.63) is 42.0 Å². The number of fused-ring (bicyclic) bond motifs is 2. The fourth-order valence-corrected chi connectivity index (χ4v) is 4.21. The van der Waals surface area contributed by atoms with Crippen molar-refractivity contribution in [3.8, 4) is 5.75 Å². The van der Waals surface area contributed by atoms with Gasteiger partial charge in [0.2, 0.25) is 5.95 Å². The quantitative estimate of drug-likeness (QED) is 0.280. The van der Waals surface area contributed by atoms with Gasteiger partial charge in [-0.05, 0) is 37.4 Å². The number of nitrogens with zero attached hydrogens (tertiary/aromatic N) is 3. The highest BCUT2D eigenvalue weighted by Crippen LogP contribution is 2.33. The van der Waals surface area contributed by atoms with Crippen LogP contribution in [-0.4, -0.2) is 60.2 Å². The van der Waals surface area contributed by atoms with E-state index in [1.807, 2.05) is 14.1 Å². The maximum atomic E-state index is 12.5. The van der Waals surface area contributed by atoms with E-state index < -0.39 is 6.36 Å². The molecule has 0 radical (unpaired) electrons. The van der Waals surface area contributed by atoms with Gasteiger partial charge in [0.05, 0.1) is 34.5 Å². The topological polar surface area (TPSA) is 102 Å². The molecule has 0 aliphatic carbocycles. The van der Waals surface area contributed by atoms with Gasteiger partial charge in [-0.2, -0.15) is 0 Å². The van der Waals surface area contributed by atoms with Crippen LogP contribution in [0.3, 0.4) is 0 Å². The Labute approximate surface area is 202 Å². The zero-order valence-electron chi connectivity index (χ0n) is 18.9. The largest absolute Gasteiger partial charge is 0.573 e. The number of hydrogen-bond acceptors (Lipinski definition) is 8. The average Bonchev–Trinajstić information content (AvgIpc) is 3.34. The predicted octanol–water partition coefficient (Wildman–Crippen LogP) is 3.79. The van der Waals surface area contributed by atoms with Crippen molar-refractivity contribution in [3.63, 3.8) is 0 Å². The Balaban J connectivity index is 1.45. The number of imidazole rings is 1. The van der Waals surface area contributed by atoms with Crippen LogP contribution in [0.5, 0.6) is 5.75 Å². The van der Waals surface area contributed by atoms with Gasteiger partial charge in [-0.1, -0.05) is 11.3 Å². The smallest absolute Gasteiger partial charge is 0.406 e. The van der Waals surface area contributed by atoms with Crippen molar-refractivity contribution in [2.75, 3.05) is 38.7 Å².